The van der Waals surface area contributed by atoms with Gasteiger partial charge in [0.05, 0.1) is 5.75 Å². The van der Waals surface area contributed by atoms with Crippen molar-refractivity contribution < 1.29 is 13.6 Å². The second kappa shape index (κ2) is 6.74. The molecule has 0 radical (unpaired) electrons. The molecule has 1 rings (SSSR count). The lowest BCUT2D eigenvalue weighted by molar-refractivity contribution is -0.116. The standard InChI is InChI=1S/C13H16F2OS/c1-9(2)7-17-8-11(16)5-10-3-4-12(14)13(15)6-10/h3-4,6,9H,5,7-8H2,1-2H3. The highest BCUT2D eigenvalue weighted by Gasteiger charge is 2.07. The van der Waals surface area contributed by atoms with Crippen LogP contribution in [0.15, 0.2) is 18.2 Å². The molecule has 0 fully saturated rings. The Balaban J connectivity index is 2.42. The van der Waals surface area contributed by atoms with E-state index in [0.717, 1.165) is 17.9 Å². The molecule has 0 saturated heterocycles. The van der Waals surface area contributed by atoms with Gasteiger partial charge in [0, 0.05) is 6.42 Å². The smallest absolute Gasteiger partial charge is 0.159 e. The Labute approximate surface area is 105 Å². The zero-order valence-corrected chi connectivity index (χ0v) is 10.8. The molecule has 0 aliphatic heterocycles. The molecule has 0 N–H and O–H groups in total. The van der Waals surface area contributed by atoms with Gasteiger partial charge in [-0.05, 0) is 29.4 Å². The molecule has 1 aromatic carbocycles. The van der Waals surface area contributed by atoms with Crippen molar-refractivity contribution in [3.05, 3.63) is 35.4 Å². The van der Waals surface area contributed by atoms with Crippen LogP contribution in [-0.2, 0) is 11.2 Å². The van der Waals surface area contributed by atoms with Crippen molar-refractivity contribution in [2.24, 2.45) is 5.92 Å². The van der Waals surface area contributed by atoms with Crippen LogP contribution in [0.1, 0.15) is 19.4 Å². The van der Waals surface area contributed by atoms with Gasteiger partial charge in [0.1, 0.15) is 5.78 Å². The van der Waals surface area contributed by atoms with E-state index in [0.29, 0.717) is 17.2 Å². The molecule has 0 unspecified atom stereocenters. The van der Waals surface area contributed by atoms with Crippen molar-refractivity contribution in [2.75, 3.05) is 11.5 Å². The maximum absolute atomic E-state index is 12.9. The second-order valence-corrected chi connectivity index (χ2v) is 5.40. The predicted octanol–water partition coefficient (Wildman–Crippen LogP) is 3.47. The van der Waals surface area contributed by atoms with Crippen LogP contribution in [0.25, 0.3) is 0 Å². The largest absolute Gasteiger partial charge is 0.298 e. The third-order valence-corrected chi connectivity index (χ3v) is 3.53. The molecule has 1 nitrogen and oxygen atoms in total. The highest BCUT2D eigenvalue weighted by Crippen LogP contribution is 2.12. The maximum Gasteiger partial charge on any atom is 0.159 e. The van der Waals surface area contributed by atoms with Crippen molar-refractivity contribution in [1.82, 2.24) is 0 Å². The number of hydrogen-bond donors (Lipinski definition) is 0. The molecule has 0 saturated carbocycles. The quantitative estimate of drug-likeness (QED) is 0.777. The maximum atomic E-state index is 12.9. The SMILES string of the molecule is CC(C)CSCC(=O)Cc1ccc(F)c(F)c1. The summed E-state index contributed by atoms with van der Waals surface area (Å²) in [7, 11) is 0. The lowest BCUT2D eigenvalue weighted by Crippen LogP contribution is -2.07. The number of halogens is 2. The number of hydrogen-bond acceptors (Lipinski definition) is 2. The number of thioether (sulfide) groups is 1. The van der Waals surface area contributed by atoms with E-state index in [1.165, 1.54) is 6.07 Å². The molecular formula is C13H16F2OS. The van der Waals surface area contributed by atoms with Gasteiger partial charge in [-0.2, -0.15) is 11.8 Å². The summed E-state index contributed by atoms with van der Waals surface area (Å²) in [5.41, 5.74) is 0.527. The Hall–Kier alpha value is -0.900. The molecule has 0 aromatic heterocycles. The minimum Gasteiger partial charge on any atom is -0.298 e. The lowest BCUT2D eigenvalue weighted by Gasteiger charge is -2.04. The van der Waals surface area contributed by atoms with Gasteiger partial charge in [-0.15, -0.1) is 0 Å². The van der Waals surface area contributed by atoms with Gasteiger partial charge in [0.15, 0.2) is 11.6 Å². The first-order valence-corrected chi connectivity index (χ1v) is 6.68. The molecule has 0 atom stereocenters. The minimum atomic E-state index is -0.898. The van der Waals surface area contributed by atoms with Gasteiger partial charge < -0.3 is 0 Å². The topological polar surface area (TPSA) is 17.1 Å². The predicted molar refractivity (Wildman–Crippen MR) is 67.2 cm³/mol. The summed E-state index contributed by atoms with van der Waals surface area (Å²) in [6.45, 7) is 4.18. The van der Waals surface area contributed by atoms with Crippen LogP contribution < -0.4 is 0 Å². The van der Waals surface area contributed by atoms with E-state index in [4.69, 9.17) is 0 Å². The first kappa shape index (κ1) is 14.2. The van der Waals surface area contributed by atoms with Gasteiger partial charge in [0.25, 0.3) is 0 Å². The van der Waals surface area contributed by atoms with Gasteiger partial charge >= 0.3 is 0 Å². The molecule has 0 spiro atoms. The number of ketones is 1. The summed E-state index contributed by atoms with van der Waals surface area (Å²) in [6.07, 6.45) is 0.169. The van der Waals surface area contributed by atoms with E-state index in [-0.39, 0.29) is 12.2 Å². The summed E-state index contributed by atoms with van der Waals surface area (Å²) in [4.78, 5) is 11.6. The summed E-state index contributed by atoms with van der Waals surface area (Å²) < 4.78 is 25.6. The normalized spacial score (nSPS) is 10.9. The van der Waals surface area contributed by atoms with Gasteiger partial charge in [0.2, 0.25) is 0 Å². The zero-order valence-electron chi connectivity index (χ0n) is 10.0. The molecule has 0 heterocycles. The molecular weight excluding hydrogens is 242 g/mol. The van der Waals surface area contributed by atoms with Crippen LogP contribution in [0.4, 0.5) is 8.78 Å². The van der Waals surface area contributed by atoms with Crippen molar-refractivity contribution in [1.29, 1.82) is 0 Å². The molecule has 4 heteroatoms. The second-order valence-electron chi connectivity index (χ2n) is 4.37. The number of rotatable bonds is 6. The van der Waals surface area contributed by atoms with Crippen LogP contribution >= 0.6 is 11.8 Å². The number of carbonyl (C=O) groups excluding carboxylic acids is 1. The van der Waals surface area contributed by atoms with Gasteiger partial charge in [-0.3, -0.25) is 4.79 Å². The summed E-state index contributed by atoms with van der Waals surface area (Å²) >= 11 is 1.58. The van der Waals surface area contributed by atoms with Crippen LogP contribution in [0.3, 0.4) is 0 Å². The average molecular weight is 258 g/mol. The number of carbonyl (C=O) groups is 1. The summed E-state index contributed by atoms with van der Waals surface area (Å²) in [6, 6.07) is 3.59. The van der Waals surface area contributed by atoms with E-state index in [1.807, 2.05) is 0 Å². The fourth-order valence-electron chi connectivity index (χ4n) is 1.34. The van der Waals surface area contributed by atoms with Gasteiger partial charge in [-0.1, -0.05) is 19.9 Å². The molecule has 17 heavy (non-hydrogen) atoms. The van der Waals surface area contributed by atoms with E-state index >= 15 is 0 Å². The summed E-state index contributed by atoms with van der Waals surface area (Å²) in [5.74, 6) is 0.180. The molecule has 1 aromatic rings. The van der Waals surface area contributed by atoms with Crippen molar-refractivity contribution in [3.63, 3.8) is 0 Å². The van der Waals surface area contributed by atoms with Crippen molar-refractivity contribution in [2.45, 2.75) is 20.3 Å². The van der Waals surface area contributed by atoms with Crippen LogP contribution in [0.2, 0.25) is 0 Å². The Kier molecular flexibility index (Phi) is 5.62. The lowest BCUT2D eigenvalue weighted by atomic mass is 10.1. The number of benzene rings is 1. The highest BCUT2D eigenvalue weighted by atomic mass is 32.2. The van der Waals surface area contributed by atoms with E-state index in [2.05, 4.69) is 13.8 Å². The monoisotopic (exact) mass is 258 g/mol. The van der Waals surface area contributed by atoms with Crippen LogP contribution in [0, 0.1) is 17.6 Å². The van der Waals surface area contributed by atoms with E-state index in [1.54, 1.807) is 11.8 Å². The van der Waals surface area contributed by atoms with Gasteiger partial charge in [-0.25, -0.2) is 8.78 Å². The zero-order chi connectivity index (χ0) is 12.8. The molecule has 0 bridgehead atoms. The Morgan fingerprint density at radius 2 is 2.00 bits per heavy atom. The minimum absolute atomic E-state index is 0.0432. The molecule has 0 aliphatic carbocycles. The third-order valence-electron chi connectivity index (χ3n) is 2.10. The first-order chi connectivity index (χ1) is 7.99. The number of Topliss-reactive ketones (excluding diaryl/α,β-unsaturated/α-hetero) is 1. The Morgan fingerprint density at radius 3 is 2.59 bits per heavy atom. The Morgan fingerprint density at radius 1 is 1.29 bits per heavy atom. The first-order valence-electron chi connectivity index (χ1n) is 5.52. The molecule has 0 amide bonds. The fourth-order valence-corrected chi connectivity index (χ4v) is 2.26. The summed E-state index contributed by atoms with van der Waals surface area (Å²) in [5, 5.41) is 0. The van der Waals surface area contributed by atoms with Crippen molar-refractivity contribution >= 4 is 17.5 Å². The fraction of sp³-hybridized carbons (Fsp3) is 0.462. The Bertz CT molecular complexity index is 391. The molecule has 0 aliphatic rings. The van der Waals surface area contributed by atoms with Crippen LogP contribution in [-0.4, -0.2) is 17.3 Å². The van der Waals surface area contributed by atoms with Crippen molar-refractivity contribution in [3.8, 4) is 0 Å². The third kappa shape index (κ3) is 5.31. The van der Waals surface area contributed by atoms with E-state index in [9.17, 15) is 13.6 Å². The average Bonchev–Trinajstić information content (AvgIpc) is 2.23. The molecule has 94 valence electrons. The highest BCUT2D eigenvalue weighted by molar-refractivity contribution is 7.99. The van der Waals surface area contributed by atoms with E-state index < -0.39 is 11.6 Å². The van der Waals surface area contributed by atoms with Crippen LogP contribution in [0.5, 0.6) is 0 Å².